The third-order valence-electron chi connectivity index (χ3n) is 6.00. The molecule has 7 heteroatoms. The molecule has 3 heterocycles. The second kappa shape index (κ2) is 7.40. The molecule has 3 aromatic heterocycles. The maximum atomic E-state index is 4.82. The van der Waals surface area contributed by atoms with E-state index in [1.54, 1.807) is 0 Å². The van der Waals surface area contributed by atoms with E-state index in [2.05, 4.69) is 55.1 Å². The van der Waals surface area contributed by atoms with Crippen molar-refractivity contribution in [3.8, 4) is 34.2 Å². The lowest BCUT2D eigenvalue weighted by Gasteiger charge is -1.96. The van der Waals surface area contributed by atoms with Crippen molar-refractivity contribution >= 4 is 49.0 Å². The van der Waals surface area contributed by atoms with Gasteiger partial charge in [0.2, 0.25) is 0 Å². The summed E-state index contributed by atoms with van der Waals surface area (Å²) in [7, 11) is 0. The summed E-state index contributed by atoms with van der Waals surface area (Å²) in [6.45, 7) is 0. The molecular formula is C27H17BrN6. The minimum atomic E-state index is 0.818. The molecule has 0 radical (unpaired) electrons. The predicted octanol–water partition coefficient (Wildman–Crippen LogP) is 7.08. The first-order valence-electron chi connectivity index (χ1n) is 10.9. The summed E-state index contributed by atoms with van der Waals surface area (Å²) < 4.78 is 1.02. The summed E-state index contributed by atoms with van der Waals surface area (Å²) in [6.07, 6.45) is 0. The molecule has 0 spiro atoms. The Labute approximate surface area is 202 Å². The van der Waals surface area contributed by atoms with Gasteiger partial charge in [-0.15, -0.1) is 0 Å². The van der Waals surface area contributed by atoms with Crippen molar-refractivity contribution in [2.75, 3.05) is 0 Å². The highest BCUT2D eigenvalue weighted by Gasteiger charge is 2.12. The van der Waals surface area contributed by atoms with Crippen LogP contribution < -0.4 is 0 Å². The first kappa shape index (κ1) is 19.3. The van der Waals surface area contributed by atoms with Gasteiger partial charge in [-0.2, -0.15) is 0 Å². The normalized spacial score (nSPS) is 11.7. The van der Waals surface area contributed by atoms with Crippen LogP contribution in [0.15, 0.2) is 89.4 Å². The van der Waals surface area contributed by atoms with Gasteiger partial charge in [0.05, 0.1) is 33.1 Å². The van der Waals surface area contributed by atoms with Crippen LogP contribution in [0.1, 0.15) is 0 Å². The molecule has 0 fully saturated rings. The Balaban J connectivity index is 1.27. The van der Waals surface area contributed by atoms with E-state index in [9.17, 15) is 0 Å². The Morgan fingerprint density at radius 1 is 0.471 bits per heavy atom. The molecule has 0 saturated carbocycles. The molecule has 0 saturated heterocycles. The number of halogens is 1. The van der Waals surface area contributed by atoms with Crippen LogP contribution in [0.2, 0.25) is 0 Å². The van der Waals surface area contributed by atoms with Crippen LogP contribution in [-0.2, 0) is 0 Å². The molecule has 0 unspecified atom stereocenters. The Morgan fingerprint density at radius 2 is 0.941 bits per heavy atom. The molecule has 0 bridgehead atoms. The number of aromatic amines is 3. The van der Waals surface area contributed by atoms with E-state index in [1.807, 2.05) is 60.7 Å². The van der Waals surface area contributed by atoms with Gasteiger partial charge < -0.3 is 15.0 Å². The maximum absolute atomic E-state index is 4.82. The first-order chi connectivity index (χ1) is 16.7. The molecule has 4 aromatic carbocycles. The lowest BCUT2D eigenvalue weighted by molar-refractivity contribution is 1.33. The van der Waals surface area contributed by atoms with Gasteiger partial charge in [-0.1, -0.05) is 46.3 Å². The molecule has 0 aliphatic rings. The second-order valence-corrected chi connectivity index (χ2v) is 9.16. The zero-order valence-electron chi connectivity index (χ0n) is 17.8. The topological polar surface area (TPSA) is 86.0 Å². The van der Waals surface area contributed by atoms with Crippen LogP contribution in [0.25, 0.3) is 67.3 Å². The third-order valence-corrected chi connectivity index (χ3v) is 6.50. The maximum Gasteiger partial charge on any atom is 0.138 e. The van der Waals surface area contributed by atoms with Gasteiger partial charge in [-0.05, 0) is 54.6 Å². The van der Waals surface area contributed by atoms with Crippen LogP contribution in [0.4, 0.5) is 0 Å². The van der Waals surface area contributed by atoms with Gasteiger partial charge in [0.15, 0.2) is 0 Å². The van der Waals surface area contributed by atoms with Crippen LogP contribution in [0.5, 0.6) is 0 Å². The van der Waals surface area contributed by atoms with Gasteiger partial charge in [0.1, 0.15) is 17.5 Å². The molecule has 3 N–H and O–H groups in total. The molecule has 162 valence electrons. The Hall–Kier alpha value is -4.23. The average Bonchev–Trinajstić information content (AvgIpc) is 3.59. The monoisotopic (exact) mass is 504 g/mol. The quantitative estimate of drug-likeness (QED) is 0.240. The number of nitrogens with zero attached hydrogens (tertiary/aromatic N) is 3. The summed E-state index contributed by atoms with van der Waals surface area (Å²) in [5, 5.41) is 0. The fourth-order valence-corrected chi connectivity index (χ4v) is 4.66. The first-order valence-corrected chi connectivity index (χ1v) is 11.7. The van der Waals surface area contributed by atoms with E-state index >= 15 is 0 Å². The summed E-state index contributed by atoms with van der Waals surface area (Å²) in [5.41, 5.74) is 8.78. The van der Waals surface area contributed by atoms with E-state index in [4.69, 9.17) is 15.0 Å². The number of aromatic nitrogens is 6. The van der Waals surface area contributed by atoms with Gasteiger partial charge >= 0.3 is 0 Å². The largest absolute Gasteiger partial charge is 0.338 e. The van der Waals surface area contributed by atoms with Crippen molar-refractivity contribution in [3.63, 3.8) is 0 Å². The summed E-state index contributed by atoms with van der Waals surface area (Å²) >= 11 is 3.52. The van der Waals surface area contributed by atoms with Crippen LogP contribution >= 0.6 is 15.9 Å². The van der Waals surface area contributed by atoms with Crippen molar-refractivity contribution in [1.82, 2.24) is 29.9 Å². The molecular weight excluding hydrogens is 488 g/mol. The van der Waals surface area contributed by atoms with Gasteiger partial charge in [-0.25, -0.2) is 15.0 Å². The Morgan fingerprint density at radius 3 is 1.50 bits per heavy atom. The van der Waals surface area contributed by atoms with Gasteiger partial charge in [0, 0.05) is 21.2 Å². The Bertz CT molecular complexity index is 1830. The number of H-pyrrole nitrogens is 3. The molecule has 0 atom stereocenters. The minimum Gasteiger partial charge on any atom is -0.338 e. The number of rotatable bonds is 3. The standard InChI is InChI=1S/C27H17BrN6/c28-18-8-11-21-24(14-18)34-27(31-21)17-7-10-20-23(13-17)33-26(30-20)16-6-9-19-22(12-16)32-25(29-19)15-4-2-1-3-5-15/h1-14H,(H,29,32)(H,30,33)(H,31,34). The molecule has 0 aliphatic heterocycles. The molecule has 0 aliphatic carbocycles. The highest BCUT2D eigenvalue weighted by atomic mass is 79.9. The average molecular weight is 505 g/mol. The highest BCUT2D eigenvalue weighted by Crippen LogP contribution is 2.29. The zero-order valence-corrected chi connectivity index (χ0v) is 19.4. The van der Waals surface area contributed by atoms with E-state index in [-0.39, 0.29) is 0 Å². The van der Waals surface area contributed by atoms with Crippen molar-refractivity contribution in [3.05, 3.63) is 89.4 Å². The second-order valence-electron chi connectivity index (χ2n) is 8.25. The highest BCUT2D eigenvalue weighted by molar-refractivity contribution is 9.10. The van der Waals surface area contributed by atoms with Crippen LogP contribution in [0, 0.1) is 0 Å². The molecule has 6 nitrogen and oxygen atoms in total. The summed E-state index contributed by atoms with van der Waals surface area (Å²) in [6, 6.07) is 28.5. The predicted molar refractivity (Wildman–Crippen MR) is 139 cm³/mol. The lowest BCUT2D eigenvalue weighted by Crippen LogP contribution is -1.81. The van der Waals surface area contributed by atoms with Gasteiger partial charge in [0.25, 0.3) is 0 Å². The molecule has 34 heavy (non-hydrogen) atoms. The minimum absolute atomic E-state index is 0.818. The van der Waals surface area contributed by atoms with Crippen molar-refractivity contribution < 1.29 is 0 Å². The summed E-state index contributed by atoms with van der Waals surface area (Å²) in [4.78, 5) is 24.6. The van der Waals surface area contributed by atoms with E-state index in [0.717, 1.165) is 71.7 Å². The Kier molecular flexibility index (Phi) is 4.19. The van der Waals surface area contributed by atoms with E-state index < -0.39 is 0 Å². The molecule has 0 amide bonds. The third kappa shape index (κ3) is 3.21. The number of nitrogens with one attached hydrogen (secondary N) is 3. The van der Waals surface area contributed by atoms with E-state index in [1.165, 1.54) is 0 Å². The van der Waals surface area contributed by atoms with Crippen LogP contribution in [0.3, 0.4) is 0 Å². The number of fused-ring (bicyclic) bond motifs is 3. The molecule has 7 aromatic rings. The number of hydrogen-bond acceptors (Lipinski definition) is 3. The number of hydrogen-bond donors (Lipinski definition) is 3. The van der Waals surface area contributed by atoms with Gasteiger partial charge in [-0.3, -0.25) is 0 Å². The van der Waals surface area contributed by atoms with Crippen molar-refractivity contribution in [2.45, 2.75) is 0 Å². The molecule has 7 rings (SSSR count). The van der Waals surface area contributed by atoms with Crippen LogP contribution in [-0.4, -0.2) is 29.9 Å². The summed E-state index contributed by atoms with van der Waals surface area (Å²) in [5.74, 6) is 2.51. The fraction of sp³-hybridized carbons (Fsp3) is 0. The number of imidazole rings is 3. The fourth-order valence-electron chi connectivity index (χ4n) is 4.30. The van der Waals surface area contributed by atoms with Crippen molar-refractivity contribution in [2.24, 2.45) is 0 Å². The van der Waals surface area contributed by atoms with Crippen molar-refractivity contribution in [1.29, 1.82) is 0 Å². The SMILES string of the molecule is Brc1ccc2nc(-c3ccc4nc(-c5ccc6nc(-c7ccccc7)[nH]c6c5)[nH]c4c3)[nH]c2c1. The zero-order chi connectivity index (χ0) is 22.6. The van der Waals surface area contributed by atoms with E-state index in [0.29, 0.717) is 0 Å². The lowest BCUT2D eigenvalue weighted by atomic mass is 10.2. The number of benzene rings is 4. The smallest absolute Gasteiger partial charge is 0.138 e.